The van der Waals surface area contributed by atoms with Gasteiger partial charge in [0.1, 0.15) is 5.54 Å². The molecule has 28 heavy (non-hydrogen) atoms. The van der Waals surface area contributed by atoms with E-state index in [9.17, 15) is 27.1 Å². The molecule has 3 aliphatic rings. The lowest BCUT2D eigenvalue weighted by Crippen LogP contribution is -2.37. The maximum Gasteiger partial charge on any atom is 0.417 e. The number of aryl methyl sites for hydroxylation is 1. The van der Waals surface area contributed by atoms with Crippen molar-refractivity contribution in [3.63, 3.8) is 0 Å². The van der Waals surface area contributed by atoms with Crippen molar-refractivity contribution in [3.8, 4) is 0 Å². The summed E-state index contributed by atoms with van der Waals surface area (Å²) < 4.78 is 69.6. The Labute approximate surface area is 156 Å². The second-order valence-electron chi connectivity index (χ2n) is 6.98. The molecule has 4 rings (SSSR count). The van der Waals surface area contributed by atoms with Crippen LogP contribution in [0.15, 0.2) is 40.9 Å². The summed E-state index contributed by atoms with van der Waals surface area (Å²) in [5.41, 5.74) is -0.252. The molecular weight excluding hydrogens is 385 g/mol. The normalized spacial score (nSPS) is 26.6. The number of aliphatic hydroxyl groups excluding tert-OH is 1. The van der Waals surface area contributed by atoms with Gasteiger partial charge in [0.2, 0.25) is 0 Å². The third-order valence-electron chi connectivity index (χ3n) is 5.22. The number of aromatic nitrogens is 1. The summed E-state index contributed by atoms with van der Waals surface area (Å²) in [7, 11) is 0. The van der Waals surface area contributed by atoms with Crippen molar-refractivity contribution in [1.82, 2.24) is 9.88 Å². The molecule has 0 fully saturated rings. The number of ether oxygens (including phenoxy) is 1. The van der Waals surface area contributed by atoms with Gasteiger partial charge in [-0.05, 0) is 37.5 Å². The molecule has 5 nitrogen and oxygen atoms in total. The number of aliphatic imine (C=N–C) groups is 1. The van der Waals surface area contributed by atoms with E-state index in [2.05, 4.69) is 14.7 Å². The number of allylic oxidation sites excluding steroid dienone is 2. The molecule has 2 unspecified atom stereocenters. The van der Waals surface area contributed by atoms with Crippen molar-refractivity contribution in [1.29, 1.82) is 0 Å². The molecule has 0 saturated carbocycles. The van der Waals surface area contributed by atoms with Crippen LogP contribution in [0.4, 0.5) is 22.0 Å². The van der Waals surface area contributed by atoms with Crippen molar-refractivity contribution in [2.45, 2.75) is 44.2 Å². The fourth-order valence-electron chi connectivity index (χ4n) is 4.05. The number of hydrogen-bond acceptors (Lipinski definition) is 5. The van der Waals surface area contributed by atoms with Crippen molar-refractivity contribution < 1.29 is 31.8 Å². The predicted molar refractivity (Wildman–Crippen MR) is 88.3 cm³/mol. The number of halogens is 5. The number of hydrogen-bond donors (Lipinski definition) is 1. The molecule has 2 atom stereocenters. The number of nitrogens with zero attached hydrogens (tertiary/aromatic N) is 3. The molecule has 3 heterocycles. The standard InChI is InChI=1S/C18H16F5N3O2/c1-9-14-11(3-5-24-9)17(4-2-12(14)27)8-26-7-10(18(21,22)23)6-13(15(26)25-17)28-16(19)20/h3,5-7,12,16,27H,2,4,8H2,1H3. The van der Waals surface area contributed by atoms with E-state index in [4.69, 9.17) is 0 Å². The van der Waals surface area contributed by atoms with Crippen LogP contribution < -0.4 is 0 Å². The van der Waals surface area contributed by atoms with E-state index >= 15 is 0 Å². The van der Waals surface area contributed by atoms with E-state index in [1.54, 1.807) is 13.0 Å². The Morgan fingerprint density at radius 2 is 2.11 bits per heavy atom. The number of rotatable bonds is 2. The highest BCUT2D eigenvalue weighted by Crippen LogP contribution is 2.48. The van der Waals surface area contributed by atoms with Crippen LogP contribution >= 0.6 is 0 Å². The van der Waals surface area contributed by atoms with Gasteiger partial charge in [0.05, 0.1) is 18.2 Å². The fraction of sp³-hybridized carbons (Fsp3) is 0.444. The van der Waals surface area contributed by atoms with Gasteiger partial charge in [-0.1, -0.05) is 0 Å². The van der Waals surface area contributed by atoms with Crippen molar-refractivity contribution in [3.05, 3.63) is 52.7 Å². The molecular formula is C18H16F5N3O2. The third-order valence-corrected chi connectivity index (χ3v) is 5.22. The van der Waals surface area contributed by atoms with Crippen LogP contribution in [0.3, 0.4) is 0 Å². The minimum absolute atomic E-state index is 0.0228. The second-order valence-corrected chi connectivity index (χ2v) is 6.98. The summed E-state index contributed by atoms with van der Waals surface area (Å²) in [6, 6.07) is 1.67. The topological polar surface area (TPSA) is 58.0 Å². The quantitative estimate of drug-likeness (QED) is 0.768. The highest BCUT2D eigenvalue weighted by atomic mass is 19.4. The zero-order valence-electron chi connectivity index (χ0n) is 14.7. The average molecular weight is 401 g/mol. The van der Waals surface area contributed by atoms with Crippen LogP contribution in [0.25, 0.3) is 0 Å². The fourth-order valence-corrected chi connectivity index (χ4v) is 4.05. The first-order valence-electron chi connectivity index (χ1n) is 8.57. The molecule has 0 bridgehead atoms. The molecule has 0 saturated heterocycles. The van der Waals surface area contributed by atoms with E-state index in [0.717, 1.165) is 6.20 Å². The molecule has 1 aromatic heterocycles. The summed E-state index contributed by atoms with van der Waals surface area (Å²) in [6.07, 6.45) is -1.88. The number of pyridine rings is 1. The van der Waals surface area contributed by atoms with Crippen molar-refractivity contribution in [2.75, 3.05) is 6.54 Å². The van der Waals surface area contributed by atoms with Crippen molar-refractivity contribution in [2.24, 2.45) is 4.99 Å². The minimum atomic E-state index is -4.72. The lowest BCUT2D eigenvalue weighted by atomic mass is 9.75. The van der Waals surface area contributed by atoms with Gasteiger partial charge in [-0.15, -0.1) is 0 Å². The van der Waals surface area contributed by atoms with Crippen LogP contribution in [0.1, 0.15) is 35.8 Å². The number of fused-ring (bicyclic) bond motifs is 3. The molecule has 10 heteroatoms. The molecule has 1 aromatic rings. The van der Waals surface area contributed by atoms with Crippen LogP contribution in [0.5, 0.6) is 0 Å². The average Bonchev–Trinajstić information content (AvgIpc) is 2.97. The second kappa shape index (κ2) is 6.26. The van der Waals surface area contributed by atoms with Gasteiger partial charge in [-0.2, -0.15) is 22.0 Å². The zero-order valence-corrected chi connectivity index (χ0v) is 14.7. The first-order valence-corrected chi connectivity index (χ1v) is 8.57. The Bertz CT molecular complexity index is 909. The molecule has 0 aromatic carbocycles. The third kappa shape index (κ3) is 2.95. The summed E-state index contributed by atoms with van der Waals surface area (Å²) in [5.74, 6) is -0.703. The van der Waals surface area contributed by atoms with Crippen molar-refractivity contribution >= 4 is 5.84 Å². The summed E-state index contributed by atoms with van der Waals surface area (Å²) in [4.78, 5) is 9.90. The Balaban J connectivity index is 1.83. The van der Waals surface area contributed by atoms with Crippen LogP contribution in [0.2, 0.25) is 0 Å². The zero-order chi connectivity index (χ0) is 20.3. The highest BCUT2D eigenvalue weighted by Gasteiger charge is 2.49. The number of amidine groups is 1. The molecule has 2 aliphatic heterocycles. The van der Waals surface area contributed by atoms with E-state index in [1.165, 1.54) is 11.1 Å². The lowest BCUT2D eigenvalue weighted by Gasteiger charge is -2.36. The molecule has 1 spiro atoms. The van der Waals surface area contributed by atoms with E-state index < -0.39 is 35.8 Å². The van der Waals surface area contributed by atoms with Gasteiger partial charge in [0, 0.05) is 23.7 Å². The first-order chi connectivity index (χ1) is 13.1. The lowest BCUT2D eigenvalue weighted by molar-refractivity contribution is -0.0981. The smallest absolute Gasteiger partial charge is 0.417 e. The first kappa shape index (κ1) is 18.9. The Morgan fingerprint density at radius 3 is 2.79 bits per heavy atom. The van der Waals surface area contributed by atoms with Gasteiger partial charge in [0.15, 0.2) is 11.6 Å². The monoisotopic (exact) mass is 401 g/mol. The summed E-state index contributed by atoms with van der Waals surface area (Å²) in [5, 5.41) is 10.4. The molecule has 0 amide bonds. The number of aliphatic hydroxyl groups is 1. The Morgan fingerprint density at radius 1 is 1.36 bits per heavy atom. The maximum absolute atomic E-state index is 13.2. The highest BCUT2D eigenvalue weighted by molar-refractivity contribution is 6.00. The van der Waals surface area contributed by atoms with E-state index in [-0.39, 0.29) is 12.4 Å². The van der Waals surface area contributed by atoms with Crippen LogP contribution in [-0.2, 0) is 10.3 Å². The maximum atomic E-state index is 13.2. The Hall–Kier alpha value is -2.49. The van der Waals surface area contributed by atoms with E-state index in [1.807, 2.05) is 0 Å². The Kier molecular flexibility index (Phi) is 4.22. The van der Waals surface area contributed by atoms with Crippen LogP contribution in [-0.4, -0.2) is 40.2 Å². The predicted octanol–water partition coefficient (Wildman–Crippen LogP) is 3.71. The van der Waals surface area contributed by atoms with Crippen LogP contribution in [0, 0.1) is 6.92 Å². The largest absolute Gasteiger partial charge is 0.431 e. The van der Waals surface area contributed by atoms with Gasteiger partial charge < -0.3 is 14.7 Å². The van der Waals surface area contributed by atoms with E-state index in [0.29, 0.717) is 35.7 Å². The minimum Gasteiger partial charge on any atom is -0.431 e. The van der Waals surface area contributed by atoms with Gasteiger partial charge in [0.25, 0.3) is 0 Å². The molecule has 1 aliphatic carbocycles. The van der Waals surface area contributed by atoms with Gasteiger partial charge in [-0.3, -0.25) is 9.98 Å². The van der Waals surface area contributed by atoms with Gasteiger partial charge in [-0.25, -0.2) is 0 Å². The summed E-state index contributed by atoms with van der Waals surface area (Å²) >= 11 is 0. The summed E-state index contributed by atoms with van der Waals surface area (Å²) in [6.45, 7) is -1.54. The molecule has 150 valence electrons. The molecule has 1 N–H and O–H groups in total. The molecule has 0 radical (unpaired) electrons. The van der Waals surface area contributed by atoms with Gasteiger partial charge >= 0.3 is 12.8 Å². The SMILES string of the molecule is Cc1nccc2c1C(O)CCC21CN2C=C(C(F)(F)F)C=C(OC(F)F)C2=N1. The number of alkyl halides is 5.